The van der Waals surface area contributed by atoms with Crippen LogP contribution in [0.3, 0.4) is 0 Å². The van der Waals surface area contributed by atoms with E-state index in [4.69, 9.17) is 4.74 Å². The van der Waals surface area contributed by atoms with Crippen LogP contribution in [-0.4, -0.2) is 27.5 Å². The van der Waals surface area contributed by atoms with Crippen molar-refractivity contribution in [2.45, 2.75) is 25.7 Å². The smallest absolute Gasteiger partial charge is 0.266 e. The van der Waals surface area contributed by atoms with Crippen molar-refractivity contribution in [3.63, 3.8) is 0 Å². The van der Waals surface area contributed by atoms with Crippen LogP contribution in [0.1, 0.15) is 20.8 Å². The summed E-state index contributed by atoms with van der Waals surface area (Å²) in [5.74, 6) is 1.15. The molecule has 0 unspecified atom stereocenters. The monoisotopic (exact) mass is 297 g/mol. The Kier molecular flexibility index (Phi) is 4.17. The maximum absolute atomic E-state index is 12.2. The van der Waals surface area contributed by atoms with E-state index in [0.717, 1.165) is 0 Å². The van der Waals surface area contributed by atoms with Crippen molar-refractivity contribution < 1.29 is 13.2 Å². The number of rotatable bonds is 4. The van der Waals surface area contributed by atoms with Crippen LogP contribution in [-0.2, 0) is 10.0 Å². The van der Waals surface area contributed by atoms with Gasteiger partial charge in [0.1, 0.15) is 10.6 Å². The van der Waals surface area contributed by atoms with E-state index < -0.39 is 10.0 Å². The van der Waals surface area contributed by atoms with Crippen molar-refractivity contribution in [2.24, 2.45) is 10.9 Å². The normalized spacial score (nSPS) is 18.3. The van der Waals surface area contributed by atoms with Crippen LogP contribution >= 0.6 is 0 Å². The van der Waals surface area contributed by atoms with Gasteiger partial charge in [0.25, 0.3) is 10.0 Å². The largest absolute Gasteiger partial charge is 0.494 e. The van der Waals surface area contributed by atoms with E-state index in [1.165, 1.54) is 6.07 Å². The maximum atomic E-state index is 12.2. The average molecular weight is 297 g/mol. The fourth-order valence-electron chi connectivity index (χ4n) is 1.77. The molecule has 0 radical (unpaired) electrons. The zero-order valence-corrected chi connectivity index (χ0v) is 12.6. The van der Waals surface area contributed by atoms with Crippen molar-refractivity contribution in [3.05, 3.63) is 18.2 Å². The maximum Gasteiger partial charge on any atom is 0.266 e. The Bertz CT molecular complexity index is 624. The Morgan fingerprint density at radius 1 is 1.35 bits per heavy atom. The number of anilines is 1. The first-order chi connectivity index (χ1) is 9.42. The zero-order valence-electron chi connectivity index (χ0n) is 11.8. The van der Waals surface area contributed by atoms with Crippen LogP contribution in [0.4, 0.5) is 5.69 Å². The molecular weight excluding hydrogens is 278 g/mol. The Morgan fingerprint density at radius 3 is 2.75 bits per heavy atom. The number of guanidine groups is 1. The molecule has 2 rings (SSSR count). The quantitative estimate of drug-likeness (QED) is 0.888. The van der Waals surface area contributed by atoms with Gasteiger partial charge in [-0.25, -0.2) is 13.1 Å². The van der Waals surface area contributed by atoms with Crippen molar-refractivity contribution >= 4 is 21.7 Å². The van der Waals surface area contributed by atoms with E-state index >= 15 is 0 Å². The van der Waals surface area contributed by atoms with Crippen LogP contribution in [0.5, 0.6) is 5.75 Å². The molecule has 0 atom stereocenters. The molecule has 0 amide bonds. The number of aliphatic imine (C=N–C) groups is 1. The Labute approximate surface area is 119 Å². The van der Waals surface area contributed by atoms with Crippen molar-refractivity contribution in [1.82, 2.24) is 4.72 Å². The zero-order chi connectivity index (χ0) is 14.8. The molecular formula is C13H19N3O3S. The third-order valence-corrected chi connectivity index (χ3v) is 4.03. The topological polar surface area (TPSA) is 79.8 Å². The van der Waals surface area contributed by atoms with E-state index in [9.17, 15) is 8.42 Å². The van der Waals surface area contributed by atoms with Gasteiger partial charge in [0.15, 0.2) is 0 Å². The summed E-state index contributed by atoms with van der Waals surface area (Å²) in [6.07, 6.45) is 0. The Balaban J connectivity index is 2.34. The first kappa shape index (κ1) is 14.6. The minimum atomic E-state index is -3.60. The third-order valence-electron chi connectivity index (χ3n) is 2.65. The molecule has 0 aliphatic carbocycles. The van der Waals surface area contributed by atoms with Crippen molar-refractivity contribution in [1.29, 1.82) is 0 Å². The average Bonchev–Trinajstić information content (AvgIpc) is 2.37. The molecule has 0 bridgehead atoms. The summed E-state index contributed by atoms with van der Waals surface area (Å²) in [4.78, 5) is 4.39. The molecule has 1 aliphatic rings. The van der Waals surface area contributed by atoms with E-state index in [0.29, 0.717) is 30.5 Å². The third kappa shape index (κ3) is 3.22. The minimum absolute atomic E-state index is 0.173. The SMILES string of the molecule is CCOc1ccc2c(c1)S(=O)(=O)NC(=NCC(C)C)N2. The summed E-state index contributed by atoms with van der Waals surface area (Å²) in [5, 5.41) is 2.98. The molecule has 0 spiro atoms. The standard InChI is InChI=1S/C13H19N3O3S/c1-4-19-10-5-6-11-12(7-10)20(17,18)16-13(15-11)14-8-9(2)3/h5-7,9H,4,8H2,1-3H3,(H2,14,15,16). The molecule has 0 saturated heterocycles. The summed E-state index contributed by atoms with van der Waals surface area (Å²) in [5.41, 5.74) is 0.509. The number of nitrogens with one attached hydrogen (secondary N) is 2. The van der Waals surface area contributed by atoms with Crippen LogP contribution in [0.15, 0.2) is 28.1 Å². The summed E-state index contributed by atoms with van der Waals surface area (Å²) >= 11 is 0. The predicted octanol–water partition coefficient (Wildman–Crippen LogP) is 1.80. The van der Waals surface area contributed by atoms with Gasteiger partial charge in [-0.15, -0.1) is 0 Å². The number of ether oxygens (including phenoxy) is 1. The molecule has 0 aromatic heterocycles. The fraction of sp³-hybridized carbons (Fsp3) is 0.462. The Morgan fingerprint density at radius 2 is 2.10 bits per heavy atom. The van der Waals surface area contributed by atoms with Crippen LogP contribution in [0.2, 0.25) is 0 Å². The van der Waals surface area contributed by atoms with Gasteiger partial charge in [-0.05, 0) is 25.0 Å². The fourth-order valence-corrected chi connectivity index (χ4v) is 2.93. The summed E-state index contributed by atoms with van der Waals surface area (Å²) in [6, 6.07) is 4.92. The first-order valence-electron chi connectivity index (χ1n) is 6.53. The van der Waals surface area contributed by atoms with Crippen LogP contribution < -0.4 is 14.8 Å². The lowest BCUT2D eigenvalue weighted by Crippen LogP contribution is -2.41. The molecule has 1 aromatic carbocycles. The minimum Gasteiger partial charge on any atom is -0.494 e. The summed E-state index contributed by atoms with van der Waals surface area (Å²) < 4.78 is 32.1. The number of benzene rings is 1. The van der Waals surface area contributed by atoms with Crippen molar-refractivity contribution in [2.75, 3.05) is 18.5 Å². The highest BCUT2D eigenvalue weighted by molar-refractivity contribution is 7.90. The second kappa shape index (κ2) is 5.70. The van der Waals surface area contributed by atoms with E-state index in [1.54, 1.807) is 12.1 Å². The molecule has 0 fully saturated rings. The molecule has 7 heteroatoms. The van der Waals surface area contributed by atoms with Gasteiger partial charge in [0, 0.05) is 12.6 Å². The molecule has 1 aromatic rings. The Hall–Kier alpha value is -1.76. The van der Waals surface area contributed by atoms with Gasteiger partial charge < -0.3 is 10.1 Å². The van der Waals surface area contributed by atoms with Gasteiger partial charge in [-0.3, -0.25) is 4.99 Å². The highest BCUT2D eigenvalue weighted by Crippen LogP contribution is 2.28. The van der Waals surface area contributed by atoms with Crippen LogP contribution in [0.25, 0.3) is 0 Å². The van der Waals surface area contributed by atoms with Gasteiger partial charge in [-0.2, -0.15) is 0 Å². The van der Waals surface area contributed by atoms with Crippen LogP contribution in [0, 0.1) is 5.92 Å². The molecule has 1 aliphatic heterocycles. The van der Waals surface area contributed by atoms with Gasteiger partial charge in [0.05, 0.1) is 12.3 Å². The molecule has 6 nitrogen and oxygen atoms in total. The molecule has 20 heavy (non-hydrogen) atoms. The second-order valence-electron chi connectivity index (χ2n) is 4.90. The lowest BCUT2D eigenvalue weighted by atomic mass is 10.2. The second-order valence-corrected chi connectivity index (χ2v) is 6.56. The number of hydrogen-bond donors (Lipinski definition) is 2. The number of sulfonamides is 1. The number of nitrogens with zero attached hydrogens (tertiary/aromatic N) is 1. The highest BCUT2D eigenvalue weighted by Gasteiger charge is 2.27. The van der Waals surface area contributed by atoms with E-state index in [1.807, 2.05) is 20.8 Å². The molecule has 1 heterocycles. The highest BCUT2D eigenvalue weighted by atomic mass is 32.2. The number of fused-ring (bicyclic) bond motifs is 1. The molecule has 2 N–H and O–H groups in total. The summed E-state index contributed by atoms with van der Waals surface area (Å²) in [6.45, 7) is 6.92. The molecule has 110 valence electrons. The summed E-state index contributed by atoms with van der Waals surface area (Å²) in [7, 11) is -3.60. The van der Waals surface area contributed by atoms with E-state index in [2.05, 4.69) is 15.0 Å². The number of hydrogen-bond acceptors (Lipinski definition) is 4. The van der Waals surface area contributed by atoms with Crippen molar-refractivity contribution in [3.8, 4) is 5.75 Å². The molecule has 0 saturated carbocycles. The lowest BCUT2D eigenvalue weighted by molar-refractivity contribution is 0.339. The van der Waals surface area contributed by atoms with E-state index in [-0.39, 0.29) is 10.9 Å². The van der Waals surface area contributed by atoms with Gasteiger partial charge in [-0.1, -0.05) is 13.8 Å². The first-order valence-corrected chi connectivity index (χ1v) is 8.02. The lowest BCUT2D eigenvalue weighted by Gasteiger charge is -2.22. The predicted molar refractivity (Wildman–Crippen MR) is 78.7 cm³/mol. The van der Waals surface area contributed by atoms with Gasteiger partial charge >= 0.3 is 0 Å². The van der Waals surface area contributed by atoms with Gasteiger partial charge in [0.2, 0.25) is 5.96 Å².